The van der Waals surface area contributed by atoms with Gasteiger partial charge in [-0.1, -0.05) is 46.9 Å². The fraction of sp³-hybridized carbons (Fsp3) is 0.278. The summed E-state index contributed by atoms with van der Waals surface area (Å²) in [4.78, 5) is 16.5. The molecule has 0 unspecified atom stereocenters. The van der Waals surface area contributed by atoms with Crippen LogP contribution < -0.4 is 5.32 Å². The van der Waals surface area contributed by atoms with Crippen molar-refractivity contribution in [3.05, 3.63) is 63.1 Å². The van der Waals surface area contributed by atoms with Crippen molar-refractivity contribution in [2.24, 2.45) is 0 Å². The molecule has 0 radical (unpaired) electrons. The lowest BCUT2D eigenvalue weighted by Gasteiger charge is -2.34. The van der Waals surface area contributed by atoms with Gasteiger partial charge in [0.15, 0.2) is 0 Å². The highest BCUT2D eigenvalue weighted by molar-refractivity contribution is 6.35. The molecular formula is C18H18Cl3N3O. The third-order valence-corrected chi connectivity index (χ3v) is 4.78. The van der Waals surface area contributed by atoms with E-state index in [0.717, 1.165) is 24.7 Å². The molecule has 25 heavy (non-hydrogen) atoms. The van der Waals surface area contributed by atoms with E-state index < -0.39 is 0 Å². The molecule has 1 saturated heterocycles. The molecule has 132 valence electrons. The van der Waals surface area contributed by atoms with Gasteiger partial charge < -0.3 is 10.2 Å². The van der Waals surface area contributed by atoms with E-state index in [0.29, 0.717) is 28.8 Å². The minimum atomic E-state index is -0.135. The third kappa shape index (κ3) is 5.25. The summed E-state index contributed by atoms with van der Waals surface area (Å²) >= 11 is 17.8. The lowest BCUT2D eigenvalue weighted by Crippen LogP contribution is -2.49. The molecule has 0 spiro atoms. The Morgan fingerprint density at radius 3 is 2.08 bits per heavy atom. The predicted octanol–water partition coefficient (Wildman–Crippen LogP) is 5.00. The number of anilines is 1. The number of halogens is 3. The molecule has 0 aromatic heterocycles. The van der Waals surface area contributed by atoms with Crippen LogP contribution >= 0.6 is 34.8 Å². The first-order valence-corrected chi connectivity index (χ1v) is 9.12. The fourth-order valence-corrected chi connectivity index (χ4v) is 3.44. The molecule has 1 N–H and O–H groups in total. The number of piperazine rings is 1. The van der Waals surface area contributed by atoms with Crippen molar-refractivity contribution in [2.75, 3.05) is 31.5 Å². The highest BCUT2D eigenvalue weighted by Crippen LogP contribution is 2.23. The molecule has 0 saturated carbocycles. The zero-order valence-electron chi connectivity index (χ0n) is 13.5. The van der Waals surface area contributed by atoms with Gasteiger partial charge in [0.25, 0.3) is 0 Å². The Balaban J connectivity index is 1.51. The summed E-state index contributed by atoms with van der Waals surface area (Å²) in [6.07, 6.45) is 0. The van der Waals surface area contributed by atoms with Crippen molar-refractivity contribution in [2.45, 2.75) is 6.54 Å². The zero-order valence-corrected chi connectivity index (χ0v) is 15.8. The lowest BCUT2D eigenvalue weighted by atomic mass is 10.2. The summed E-state index contributed by atoms with van der Waals surface area (Å²) in [7, 11) is 0. The van der Waals surface area contributed by atoms with Gasteiger partial charge in [-0.2, -0.15) is 0 Å². The van der Waals surface area contributed by atoms with Gasteiger partial charge in [-0.05, 0) is 35.9 Å². The number of nitrogens with zero attached hydrogens (tertiary/aromatic N) is 2. The van der Waals surface area contributed by atoms with E-state index in [1.807, 2.05) is 24.3 Å². The van der Waals surface area contributed by atoms with E-state index in [4.69, 9.17) is 34.8 Å². The van der Waals surface area contributed by atoms with Crippen molar-refractivity contribution in [1.82, 2.24) is 9.80 Å². The molecule has 7 heteroatoms. The van der Waals surface area contributed by atoms with E-state index >= 15 is 0 Å². The van der Waals surface area contributed by atoms with E-state index in [2.05, 4.69) is 10.2 Å². The second kappa shape index (κ2) is 8.28. The monoisotopic (exact) mass is 397 g/mol. The average Bonchev–Trinajstić information content (AvgIpc) is 2.56. The van der Waals surface area contributed by atoms with Crippen molar-refractivity contribution in [1.29, 1.82) is 0 Å². The summed E-state index contributed by atoms with van der Waals surface area (Å²) in [6.45, 7) is 3.86. The second-order valence-corrected chi connectivity index (χ2v) is 7.29. The van der Waals surface area contributed by atoms with E-state index in [9.17, 15) is 4.79 Å². The number of hydrogen-bond donors (Lipinski definition) is 1. The van der Waals surface area contributed by atoms with Gasteiger partial charge in [-0.3, -0.25) is 4.90 Å². The Bertz CT molecular complexity index is 723. The molecule has 0 atom stereocenters. The van der Waals surface area contributed by atoms with Crippen LogP contribution in [0.4, 0.5) is 10.5 Å². The maximum absolute atomic E-state index is 12.4. The molecule has 1 fully saturated rings. The Hall–Kier alpha value is -1.46. The van der Waals surface area contributed by atoms with E-state index in [1.165, 1.54) is 5.56 Å². The summed E-state index contributed by atoms with van der Waals surface area (Å²) in [5.41, 5.74) is 1.82. The van der Waals surface area contributed by atoms with Crippen LogP contribution in [0.5, 0.6) is 0 Å². The first kappa shape index (κ1) is 18.3. The van der Waals surface area contributed by atoms with Crippen LogP contribution in [0.15, 0.2) is 42.5 Å². The lowest BCUT2D eigenvalue weighted by molar-refractivity contribution is 0.143. The average molecular weight is 399 g/mol. The number of hydrogen-bond acceptors (Lipinski definition) is 2. The van der Waals surface area contributed by atoms with Gasteiger partial charge >= 0.3 is 6.03 Å². The quantitative estimate of drug-likeness (QED) is 0.790. The summed E-state index contributed by atoms with van der Waals surface area (Å²) in [5.74, 6) is 0. The van der Waals surface area contributed by atoms with Crippen molar-refractivity contribution in [3.8, 4) is 0 Å². The molecule has 3 rings (SSSR count). The van der Waals surface area contributed by atoms with Crippen molar-refractivity contribution in [3.63, 3.8) is 0 Å². The molecule has 0 aliphatic carbocycles. The van der Waals surface area contributed by atoms with Gasteiger partial charge in [0.1, 0.15) is 0 Å². The Labute approximate surface area is 162 Å². The van der Waals surface area contributed by atoms with E-state index in [-0.39, 0.29) is 6.03 Å². The number of carbonyl (C=O) groups is 1. The van der Waals surface area contributed by atoms with Gasteiger partial charge in [0.05, 0.1) is 0 Å². The number of benzene rings is 2. The van der Waals surface area contributed by atoms with Crippen LogP contribution in [0.2, 0.25) is 15.1 Å². The number of rotatable bonds is 3. The molecular weight excluding hydrogens is 381 g/mol. The maximum Gasteiger partial charge on any atom is 0.321 e. The number of urea groups is 1. The zero-order chi connectivity index (χ0) is 17.8. The van der Waals surface area contributed by atoms with Gasteiger partial charge in [-0.15, -0.1) is 0 Å². The third-order valence-electron chi connectivity index (χ3n) is 4.09. The van der Waals surface area contributed by atoms with Crippen LogP contribution in [0, 0.1) is 0 Å². The smallest absolute Gasteiger partial charge is 0.321 e. The maximum atomic E-state index is 12.4. The molecule has 1 aliphatic heterocycles. The highest BCUT2D eigenvalue weighted by atomic mass is 35.5. The molecule has 0 bridgehead atoms. The van der Waals surface area contributed by atoms with Crippen LogP contribution in [-0.2, 0) is 6.54 Å². The minimum Gasteiger partial charge on any atom is -0.322 e. The van der Waals surface area contributed by atoms with Crippen LogP contribution in [0.25, 0.3) is 0 Å². The first-order valence-electron chi connectivity index (χ1n) is 7.98. The van der Waals surface area contributed by atoms with Crippen molar-refractivity contribution >= 4 is 46.5 Å². The summed E-state index contributed by atoms with van der Waals surface area (Å²) in [5, 5.41) is 4.58. The number of amides is 2. The topological polar surface area (TPSA) is 35.6 Å². The molecule has 1 aliphatic rings. The molecule has 2 amide bonds. The van der Waals surface area contributed by atoms with E-state index in [1.54, 1.807) is 23.1 Å². The minimum absolute atomic E-state index is 0.135. The number of nitrogens with one attached hydrogen (secondary N) is 1. The standard InChI is InChI=1S/C18H18Cl3N3O/c19-14-3-1-13(2-4-14)12-23-5-7-24(8-6-23)18(25)22-17-10-15(20)9-16(21)11-17/h1-4,9-11H,5-8,12H2,(H,22,25). The number of carbonyl (C=O) groups excluding carboxylic acids is 1. The van der Waals surface area contributed by atoms with Crippen LogP contribution in [0.1, 0.15) is 5.56 Å². The first-order chi connectivity index (χ1) is 12.0. The molecule has 1 heterocycles. The van der Waals surface area contributed by atoms with Gasteiger partial charge in [0, 0.05) is 53.5 Å². The Kier molecular flexibility index (Phi) is 6.07. The highest BCUT2D eigenvalue weighted by Gasteiger charge is 2.21. The Morgan fingerprint density at radius 2 is 1.48 bits per heavy atom. The molecule has 2 aromatic carbocycles. The molecule has 2 aromatic rings. The normalized spacial score (nSPS) is 15.2. The van der Waals surface area contributed by atoms with Crippen LogP contribution in [0.3, 0.4) is 0 Å². The van der Waals surface area contributed by atoms with Crippen LogP contribution in [-0.4, -0.2) is 42.0 Å². The van der Waals surface area contributed by atoms with Crippen molar-refractivity contribution < 1.29 is 4.79 Å². The van der Waals surface area contributed by atoms with Gasteiger partial charge in [-0.25, -0.2) is 4.79 Å². The summed E-state index contributed by atoms with van der Waals surface area (Å²) < 4.78 is 0. The van der Waals surface area contributed by atoms with Gasteiger partial charge in [0.2, 0.25) is 0 Å². The second-order valence-electron chi connectivity index (χ2n) is 5.98. The summed E-state index contributed by atoms with van der Waals surface area (Å²) in [6, 6.07) is 12.7. The largest absolute Gasteiger partial charge is 0.322 e. The molecule has 4 nitrogen and oxygen atoms in total. The fourth-order valence-electron chi connectivity index (χ4n) is 2.79. The Morgan fingerprint density at radius 1 is 0.880 bits per heavy atom. The predicted molar refractivity (Wildman–Crippen MR) is 104 cm³/mol. The SMILES string of the molecule is O=C(Nc1cc(Cl)cc(Cl)c1)N1CCN(Cc2ccc(Cl)cc2)CC1.